The predicted molar refractivity (Wildman–Crippen MR) is 40.7 cm³/mol. The van der Waals surface area contributed by atoms with Crippen LogP contribution in [0.25, 0.3) is 0 Å². The summed E-state index contributed by atoms with van der Waals surface area (Å²) < 4.78 is 0. The maximum atomic E-state index is 9.87. The number of hydrogen-bond acceptors (Lipinski definition) is 2. The van der Waals surface area contributed by atoms with E-state index in [4.69, 9.17) is 0 Å². The molecule has 0 aliphatic rings. The molecule has 0 aliphatic heterocycles. The van der Waals surface area contributed by atoms with Gasteiger partial charge in [0.1, 0.15) is 6.29 Å². The standard InChI is InChI=1S/C8H14O2/c1-7(5-4-6-9)8(2,3)10/h4-7,10H,1-3H3. The lowest BCUT2D eigenvalue weighted by atomic mass is 9.93. The number of carbonyl (C=O) groups is 1. The van der Waals surface area contributed by atoms with E-state index < -0.39 is 5.60 Å². The molecule has 0 aromatic rings. The number of allylic oxidation sites excluding steroid dienone is 1. The van der Waals surface area contributed by atoms with E-state index in [1.165, 1.54) is 6.08 Å². The second-order valence-electron chi connectivity index (χ2n) is 2.96. The highest BCUT2D eigenvalue weighted by Gasteiger charge is 2.18. The van der Waals surface area contributed by atoms with Crippen LogP contribution in [0.1, 0.15) is 20.8 Å². The van der Waals surface area contributed by atoms with Gasteiger partial charge in [0.15, 0.2) is 0 Å². The zero-order valence-corrected chi connectivity index (χ0v) is 6.66. The summed E-state index contributed by atoms with van der Waals surface area (Å²) in [5.41, 5.74) is -0.737. The van der Waals surface area contributed by atoms with Gasteiger partial charge in [-0.2, -0.15) is 0 Å². The third-order valence-corrected chi connectivity index (χ3v) is 1.59. The first-order valence-electron chi connectivity index (χ1n) is 3.33. The molecule has 10 heavy (non-hydrogen) atoms. The number of aldehydes is 1. The summed E-state index contributed by atoms with van der Waals surface area (Å²) in [6.07, 6.45) is 3.80. The second-order valence-corrected chi connectivity index (χ2v) is 2.96. The predicted octanol–water partition coefficient (Wildman–Crippen LogP) is 1.15. The largest absolute Gasteiger partial charge is 0.390 e. The molecule has 0 bridgehead atoms. The Kier molecular flexibility index (Phi) is 3.30. The Bertz CT molecular complexity index is 131. The molecule has 1 unspecified atom stereocenters. The molecule has 0 aliphatic carbocycles. The Labute approximate surface area is 61.6 Å². The number of rotatable bonds is 3. The minimum atomic E-state index is -0.737. The molecule has 58 valence electrons. The van der Waals surface area contributed by atoms with E-state index in [1.807, 2.05) is 6.92 Å². The monoisotopic (exact) mass is 142 g/mol. The molecule has 0 aromatic carbocycles. The fourth-order valence-electron chi connectivity index (χ4n) is 0.448. The highest BCUT2D eigenvalue weighted by atomic mass is 16.3. The van der Waals surface area contributed by atoms with Crippen molar-refractivity contribution in [2.45, 2.75) is 26.4 Å². The van der Waals surface area contributed by atoms with Gasteiger partial charge in [-0.15, -0.1) is 0 Å². The zero-order valence-electron chi connectivity index (χ0n) is 6.66. The van der Waals surface area contributed by atoms with Gasteiger partial charge in [-0.25, -0.2) is 0 Å². The van der Waals surface area contributed by atoms with Gasteiger partial charge in [0, 0.05) is 5.92 Å². The third kappa shape index (κ3) is 3.41. The Morgan fingerprint density at radius 1 is 1.50 bits per heavy atom. The van der Waals surface area contributed by atoms with Gasteiger partial charge < -0.3 is 5.11 Å². The molecule has 0 rings (SSSR count). The van der Waals surface area contributed by atoms with Crippen LogP contribution in [0.3, 0.4) is 0 Å². The number of carbonyl (C=O) groups excluding carboxylic acids is 1. The molecule has 0 spiro atoms. The number of aliphatic hydroxyl groups is 1. The van der Waals surface area contributed by atoms with Gasteiger partial charge in [0.2, 0.25) is 0 Å². The highest BCUT2D eigenvalue weighted by molar-refractivity contribution is 5.64. The molecule has 0 fully saturated rings. The highest BCUT2D eigenvalue weighted by Crippen LogP contribution is 2.15. The van der Waals surface area contributed by atoms with E-state index in [0.29, 0.717) is 6.29 Å². The molecule has 0 heterocycles. The summed E-state index contributed by atoms with van der Waals surface area (Å²) in [6, 6.07) is 0. The van der Waals surface area contributed by atoms with Gasteiger partial charge >= 0.3 is 0 Å². The first-order valence-corrected chi connectivity index (χ1v) is 3.33. The molecule has 0 saturated heterocycles. The Morgan fingerprint density at radius 2 is 2.00 bits per heavy atom. The Hall–Kier alpha value is -0.630. The summed E-state index contributed by atoms with van der Waals surface area (Å²) in [7, 11) is 0. The molecule has 2 heteroatoms. The van der Waals surface area contributed by atoms with Crippen LogP contribution >= 0.6 is 0 Å². The van der Waals surface area contributed by atoms with Crippen molar-refractivity contribution in [1.29, 1.82) is 0 Å². The van der Waals surface area contributed by atoms with Crippen molar-refractivity contribution in [1.82, 2.24) is 0 Å². The van der Waals surface area contributed by atoms with E-state index in [1.54, 1.807) is 19.9 Å². The molecule has 0 aromatic heterocycles. The van der Waals surface area contributed by atoms with Crippen LogP contribution in [0.2, 0.25) is 0 Å². The van der Waals surface area contributed by atoms with Crippen LogP contribution in [-0.2, 0) is 4.79 Å². The molecular formula is C8H14O2. The van der Waals surface area contributed by atoms with Gasteiger partial charge in [0.25, 0.3) is 0 Å². The summed E-state index contributed by atoms with van der Waals surface area (Å²) in [4.78, 5) is 9.87. The van der Waals surface area contributed by atoms with Crippen LogP contribution < -0.4 is 0 Å². The van der Waals surface area contributed by atoms with Crippen molar-refractivity contribution in [2.24, 2.45) is 5.92 Å². The van der Waals surface area contributed by atoms with Crippen LogP contribution in [0.15, 0.2) is 12.2 Å². The van der Waals surface area contributed by atoms with Crippen LogP contribution in [-0.4, -0.2) is 17.0 Å². The summed E-state index contributed by atoms with van der Waals surface area (Å²) in [6.45, 7) is 5.29. The van der Waals surface area contributed by atoms with Crippen molar-refractivity contribution in [3.05, 3.63) is 12.2 Å². The molecule has 0 amide bonds. The lowest BCUT2D eigenvalue weighted by molar-refractivity contribution is -0.104. The SMILES string of the molecule is CC(C=CC=O)C(C)(C)O. The first kappa shape index (κ1) is 9.37. The average Bonchev–Trinajstić information content (AvgIpc) is 1.80. The topological polar surface area (TPSA) is 37.3 Å². The lowest BCUT2D eigenvalue weighted by Crippen LogP contribution is -2.26. The van der Waals surface area contributed by atoms with Crippen molar-refractivity contribution < 1.29 is 9.90 Å². The first-order chi connectivity index (χ1) is 4.48. The van der Waals surface area contributed by atoms with Gasteiger partial charge in [-0.1, -0.05) is 13.0 Å². The van der Waals surface area contributed by atoms with E-state index in [-0.39, 0.29) is 5.92 Å². The normalized spacial score (nSPS) is 15.6. The minimum Gasteiger partial charge on any atom is -0.390 e. The van der Waals surface area contributed by atoms with E-state index in [9.17, 15) is 9.90 Å². The molecule has 0 radical (unpaired) electrons. The molecule has 0 saturated carbocycles. The number of hydrogen-bond donors (Lipinski definition) is 1. The van der Waals surface area contributed by atoms with Crippen LogP contribution in [0.4, 0.5) is 0 Å². The van der Waals surface area contributed by atoms with Gasteiger partial charge in [0.05, 0.1) is 5.60 Å². The maximum absolute atomic E-state index is 9.87. The average molecular weight is 142 g/mol. The summed E-state index contributed by atoms with van der Waals surface area (Å²) in [5, 5.41) is 9.35. The van der Waals surface area contributed by atoms with Crippen molar-refractivity contribution in [3.63, 3.8) is 0 Å². The molecule has 2 nitrogen and oxygen atoms in total. The van der Waals surface area contributed by atoms with Crippen LogP contribution in [0.5, 0.6) is 0 Å². The van der Waals surface area contributed by atoms with E-state index in [0.717, 1.165) is 0 Å². The maximum Gasteiger partial charge on any atom is 0.142 e. The fourth-order valence-corrected chi connectivity index (χ4v) is 0.448. The van der Waals surface area contributed by atoms with Crippen LogP contribution in [0, 0.1) is 5.92 Å². The van der Waals surface area contributed by atoms with E-state index in [2.05, 4.69) is 0 Å². The van der Waals surface area contributed by atoms with Crippen molar-refractivity contribution >= 4 is 6.29 Å². The summed E-state index contributed by atoms with van der Waals surface area (Å²) >= 11 is 0. The zero-order chi connectivity index (χ0) is 8.20. The Morgan fingerprint density at radius 3 is 2.30 bits per heavy atom. The molecule has 1 atom stereocenters. The van der Waals surface area contributed by atoms with Gasteiger partial charge in [-0.3, -0.25) is 4.79 Å². The van der Waals surface area contributed by atoms with Crippen molar-refractivity contribution in [2.75, 3.05) is 0 Å². The molecule has 1 N–H and O–H groups in total. The third-order valence-electron chi connectivity index (χ3n) is 1.59. The molecular weight excluding hydrogens is 128 g/mol. The quantitative estimate of drug-likeness (QED) is 0.474. The smallest absolute Gasteiger partial charge is 0.142 e. The van der Waals surface area contributed by atoms with E-state index >= 15 is 0 Å². The minimum absolute atomic E-state index is 0.0118. The Balaban J connectivity index is 3.96. The second kappa shape index (κ2) is 3.52. The fraction of sp³-hybridized carbons (Fsp3) is 0.625. The van der Waals surface area contributed by atoms with Gasteiger partial charge in [-0.05, 0) is 19.9 Å². The summed E-state index contributed by atoms with van der Waals surface area (Å²) in [5.74, 6) is 0.0118. The lowest BCUT2D eigenvalue weighted by Gasteiger charge is -2.22. The van der Waals surface area contributed by atoms with Crippen molar-refractivity contribution in [3.8, 4) is 0 Å².